The summed E-state index contributed by atoms with van der Waals surface area (Å²) < 4.78 is 0. The molecule has 18 heavy (non-hydrogen) atoms. The van der Waals surface area contributed by atoms with Crippen LogP contribution in [-0.2, 0) is 9.59 Å². The summed E-state index contributed by atoms with van der Waals surface area (Å²) in [5, 5.41) is 11.7. The highest BCUT2D eigenvalue weighted by atomic mass is 16.4. The first-order valence-corrected chi connectivity index (χ1v) is 5.67. The number of nitrogens with two attached hydrogens (primary N) is 1. The Labute approximate surface area is 106 Å². The predicted octanol–water partition coefficient (Wildman–Crippen LogP) is 0.708. The Hall–Kier alpha value is -1.88. The van der Waals surface area contributed by atoms with Gasteiger partial charge in [-0.2, -0.15) is 0 Å². The average Bonchev–Trinajstić information content (AvgIpc) is 2.28. The van der Waals surface area contributed by atoms with Crippen molar-refractivity contribution in [1.82, 2.24) is 5.32 Å². The molecule has 1 atom stereocenters. The number of rotatable bonds is 5. The third-order valence-corrected chi connectivity index (χ3v) is 2.55. The maximum Gasteiger partial charge on any atom is 0.312 e. The fourth-order valence-electron chi connectivity index (χ4n) is 1.46. The van der Waals surface area contributed by atoms with Gasteiger partial charge in [-0.15, -0.1) is 0 Å². The molecule has 4 N–H and O–H groups in total. The van der Waals surface area contributed by atoms with Gasteiger partial charge < -0.3 is 16.2 Å². The number of carbonyl (C=O) groups excluding carboxylic acids is 1. The fourth-order valence-corrected chi connectivity index (χ4v) is 1.46. The van der Waals surface area contributed by atoms with E-state index in [4.69, 9.17) is 10.8 Å². The molecule has 5 heteroatoms. The van der Waals surface area contributed by atoms with E-state index in [0.29, 0.717) is 5.56 Å². The first-order valence-electron chi connectivity index (χ1n) is 5.67. The molecule has 5 nitrogen and oxygen atoms in total. The average molecular weight is 250 g/mol. The summed E-state index contributed by atoms with van der Waals surface area (Å²) in [7, 11) is 0. The van der Waals surface area contributed by atoms with Crippen molar-refractivity contribution in [3.8, 4) is 0 Å². The zero-order valence-corrected chi connectivity index (χ0v) is 10.5. The molecule has 0 aliphatic rings. The van der Waals surface area contributed by atoms with Crippen LogP contribution >= 0.6 is 0 Å². The smallest absolute Gasteiger partial charge is 0.312 e. The van der Waals surface area contributed by atoms with Gasteiger partial charge in [-0.3, -0.25) is 9.59 Å². The lowest BCUT2D eigenvalue weighted by Gasteiger charge is -2.20. The Morgan fingerprint density at radius 3 is 2.33 bits per heavy atom. The predicted molar refractivity (Wildman–Crippen MR) is 68.1 cm³/mol. The van der Waals surface area contributed by atoms with Crippen LogP contribution in [0.3, 0.4) is 0 Å². The molecule has 0 bridgehead atoms. The number of carboxylic acids is 1. The second-order valence-corrected chi connectivity index (χ2v) is 4.73. The van der Waals surface area contributed by atoms with Gasteiger partial charge in [0.25, 0.3) is 0 Å². The minimum Gasteiger partial charge on any atom is -0.481 e. The van der Waals surface area contributed by atoms with Gasteiger partial charge in [0.15, 0.2) is 0 Å². The Morgan fingerprint density at radius 1 is 1.33 bits per heavy atom. The van der Waals surface area contributed by atoms with Crippen LogP contribution in [0.1, 0.15) is 25.3 Å². The van der Waals surface area contributed by atoms with E-state index in [9.17, 15) is 9.59 Å². The molecule has 1 amide bonds. The molecule has 0 fully saturated rings. The molecule has 0 heterocycles. The number of amides is 1. The first kappa shape index (κ1) is 14.2. The number of aliphatic carboxylic acids is 1. The second-order valence-electron chi connectivity index (χ2n) is 4.73. The maximum absolute atomic E-state index is 11.6. The summed E-state index contributed by atoms with van der Waals surface area (Å²) in [5.74, 6) is -2.11. The van der Waals surface area contributed by atoms with Crippen molar-refractivity contribution in [1.29, 1.82) is 0 Å². The first-order chi connectivity index (χ1) is 8.32. The van der Waals surface area contributed by atoms with Gasteiger partial charge in [-0.1, -0.05) is 30.3 Å². The monoisotopic (exact) mass is 250 g/mol. The molecule has 1 aromatic carbocycles. The van der Waals surface area contributed by atoms with E-state index in [0.717, 1.165) is 0 Å². The molecule has 1 rings (SSSR count). The number of carboxylic acid groups (broad SMARTS) is 1. The highest BCUT2D eigenvalue weighted by Gasteiger charge is 2.25. The molecule has 0 saturated heterocycles. The highest BCUT2D eigenvalue weighted by Crippen LogP contribution is 2.15. The Morgan fingerprint density at radius 2 is 1.89 bits per heavy atom. The topological polar surface area (TPSA) is 92.4 Å². The summed E-state index contributed by atoms with van der Waals surface area (Å²) in [6.07, 6.45) is 0. The molecule has 0 radical (unpaired) electrons. The molecule has 0 saturated carbocycles. The molecule has 0 aliphatic carbocycles. The summed E-state index contributed by atoms with van der Waals surface area (Å²) in [4.78, 5) is 22.8. The number of nitrogens with one attached hydrogen (secondary N) is 1. The Balaban J connectivity index is 2.72. The van der Waals surface area contributed by atoms with Gasteiger partial charge in [0.05, 0.1) is 11.5 Å². The van der Waals surface area contributed by atoms with Crippen molar-refractivity contribution in [2.75, 3.05) is 6.54 Å². The Bertz CT molecular complexity index is 424. The molecule has 0 spiro atoms. The summed E-state index contributed by atoms with van der Waals surface area (Å²) in [5.41, 5.74) is 5.26. The summed E-state index contributed by atoms with van der Waals surface area (Å²) in [6.45, 7) is 3.17. The van der Waals surface area contributed by atoms with Crippen molar-refractivity contribution in [2.45, 2.75) is 25.3 Å². The van der Waals surface area contributed by atoms with Crippen molar-refractivity contribution in [2.24, 2.45) is 5.73 Å². The highest BCUT2D eigenvalue weighted by molar-refractivity contribution is 5.86. The fraction of sp³-hybridized carbons (Fsp3) is 0.385. The molecular weight excluding hydrogens is 232 g/mol. The lowest BCUT2D eigenvalue weighted by molar-refractivity contribution is -0.138. The van der Waals surface area contributed by atoms with Crippen molar-refractivity contribution >= 4 is 11.9 Å². The van der Waals surface area contributed by atoms with Crippen LogP contribution in [0.15, 0.2) is 30.3 Å². The SMILES string of the molecule is CC(C)(N)C(=O)NCC(C(=O)O)c1ccccc1. The van der Waals surface area contributed by atoms with Crippen LogP contribution in [0, 0.1) is 0 Å². The zero-order valence-electron chi connectivity index (χ0n) is 10.5. The van der Waals surface area contributed by atoms with Gasteiger partial charge >= 0.3 is 5.97 Å². The molecule has 0 aromatic heterocycles. The van der Waals surface area contributed by atoms with Gasteiger partial charge in [0, 0.05) is 6.54 Å². The van der Waals surface area contributed by atoms with Crippen molar-refractivity contribution in [3.05, 3.63) is 35.9 Å². The molecule has 0 aliphatic heterocycles. The number of carbonyl (C=O) groups is 2. The quantitative estimate of drug-likeness (QED) is 0.717. The lowest BCUT2D eigenvalue weighted by Crippen LogP contribution is -2.50. The second kappa shape index (κ2) is 5.64. The van der Waals surface area contributed by atoms with E-state index in [1.807, 2.05) is 6.07 Å². The van der Waals surface area contributed by atoms with Crippen molar-refractivity contribution in [3.63, 3.8) is 0 Å². The van der Waals surface area contributed by atoms with Gasteiger partial charge in [0.1, 0.15) is 0 Å². The van der Waals surface area contributed by atoms with E-state index >= 15 is 0 Å². The largest absolute Gasteiger partial charge is 0.481 e. The van der Waals surface area contributed by atoms with Crippen LogP contribution in [0.25, 0.3) is 0 Å². The number of benzene rings is 1. The van der Waals surface area contributed by atoms with Gasteiger partial charge in [0.2, 0.25) is 5.91 Å². The van der Waals surface area contributed by atoms with Crippen LogP contribution in [-0.4, -0.2) is 29.1 Å². The molecule has 1 unspecified atom stereocenters. The minimum absolute atomic E-state index is 0.0266. The van der Waals surface area contributed by atoms with E-state index in [2.05, 4.69) is 5.32 Å². The standard InChI is InChI=1S/C13H18N2O3/c1-13(2,14)12(18)15-8-10(11(16)17)9-6-4-3-5-7-9/h3-7,10H,8,14H2,1-2H3,(H,15,18)(H,16,17). The van der Waals surface area contributed by atoms with Crippen LogP contribution < -0.4 is 11.1 Å². The normalized spacial score (nSPS) is 12.8. The van der Waals surface area contributed by atoms with Crippen LogP contribution in [0.4, 0.5) is 0 Å². The molecule has 98 valence electrons. The number of hydrogen-bond donors (Lipinski definition) is 3. The van der Waals surface area contributed by atoms with E-state index < -0.39 is 17.4 Å². The summed E-state index contributed by atoms with van der Waals surface area (Å²) >= 11 is 0. The van der Waals surface area contributed by atoms with E-state index in [1.165, 1.54) is 0 Å². The Kier molecular flexibility index (Phi) is 4.44. The molecular formula is C13H18N2O3. The van der Waals surface area contributed by atoms with Gasteiger partial charge in [-0.05, 0) is 19.4 Å². The minimum atomic E-state index is -1.01. The van der Waals surface area contributed by atoms with Gasteiger partial charge in [-0.25, -0.2) is 0 Å². The van der Waals surface area contributed by atoms with Crippen LogP contribution in [0.5, 0.6) is 0 Å². The third kappa shape index (κ3) is 3.85. The maximum atomic E-state index is 11.6. The van der Waals surface area contributed by atoms with Crippen LogP contribution in [0.2, 0.25) is 0 Å². The van der Waals surface area contributed by atoms with E-state index in [1.54, 1.807) is 38.1 Å². The summed E-state index contributed by atoms with van der Waals surface area (Å²) in [6, 6.07) is 8.78. The number of hydrogen-bond acceptors (Lipinski definition) is 3. The van der Waals surface area contributed by atoms with E-state index in [-0.39, 0.29) is 12.5 Å². The zero-order chi connectivity index (χ0) is 13.8. The van der Waals surface area contributed by atoms with Crippen molar-refractivity contribution < 1.29 is 14.7 Å². The molecule has 1 aromatic rings. The lowest BCUT2D eigenvalue weighted by atomic mass is 9.98. The third-order valence-electron chi connectivity index (χ3n) is 2.55.